The van der Waals surface area contributed by atoms with Crippen LogP contribution in [0, 0.1) is 0 Å². The monoisotopic (exact) mass is 459 g/mol. The Labute approximate surface area is 199 Å². The summed E-state index contributed by atoms with van der Waals surface area (Å²) >= 11 is 12.7. The molecule has 2 aromatic carbocycles. The van der Waals surface area contributed by atoms with Crippen molar-refractivity contribution in [2.45, 2.75) is 103 Å². The maximum absolute atomic E-state index is 6.34. The van der Waals surface area contributed by atoms with Crippen LogP contribution >= 0.6 is 23.2 Å². The smallest absolute Gasteiger partial charge is 0.0508 e. The molecular weight excluding hydrogens is 421 g/mol. The van der Waals surface area contributed by atoms with Crippen LogP contribution in [0.4, 0.5) is 0 Å². The summed E-state index contributed by atoms with van der Waals surface area (Å²) in [6, 6.07) is 12.9. The first-order chi connectivity index (χ1) is 15.1. The molecule has 3 rings (SSSR count). The molecule has 0 N–H and O–H groups in total. The van der Waals surface area contributed by atoms with Crippen molar-refractivity contribution in [1.29, 1.82) is 0 Å². The van der Waals surface area contributed by atoms with Gasteiger partial charge in [-0.05, 0) is 37.6 Å². The lowest BCUT2D eigenvalue weighted by molar-refractivity contribution is 0.482. The predicted molar refractivity (Wildman–Crippen MR) is 140 cm³/mol. The van der Waals surface area contributed by atoms with Crippen molar-refractivity contribution in [3.8, 4) is 0 Å². The van der Waals surface area contributed by atoms with Crippen molar-refractivity contribution in [3.63, 3.8) is 0 Å². The van der Waals surface area contributed by atoms with Gasteiger partial charge >= 0.3 is 0 Å². The highest BCUT2D eigenvalue weighted by Crippen LogP contribution is 2.36. The fourth-order valence-electron chi connectivity index (χ4n) is 4.88. The molecular formula is C28H39Cl2N. The van der Waals surface area contributed by atoms with Crippen LogP contribution in [0.5, 0.6) is 0 Å². The highest BCUT2D eigenvalue weighted by Gasteiger charge is 2.16. The van der Waals surface area contributed by atoms with Gasteiger partial charge in [0.1, 0.15) is 0 Å². The van der Waals surface area contributed by atoms with Gasteiger partial charge in [0.15, 0.2) is 0 Å². The van der Waals surface area contributed by atoms with Crippen molar-refractivity contribution >= 4 is 45.0 Å². The fraction of sp³-hybridized carbons (Fsp3) is 0.571. The Balaban J connectivity index is 1.46. The van der Waals surface area contributed by atoms with E-state index < -0.39 is 0 Å². The molecule has 0 aliphatic heterocycles. The second-order valence-electron chi connectivity index (χ2n) is 9.22. The van der Waals surface area contributed by atoms with E-state index in [-0.39, 0.29) is 0 Å². The molecule has 31 heavy (non-hydrogen) atoms. The van der Waals surface area contributed by atoms with E-state index in [1.807, 2.05) is 12.1 Å². The number of benzene rings is 2. The van der Waals surface area contributed by atoms with E-state index in [1.54, 1.807) is 0 Å². The molecule has 0 aliphatic rings. The molecule has 170 valence electrons. The summed E-state index contributed by atoms with van der Waals surface area (Å²) in [7, 11) is 0. The summed E-state index contributed by atoms with van der Waals surface area (Å²) in [6.07, 6.45) is 17.9. The first-order valence-corrected chi connectivity index (χ1v) is 13.3. The summed E-state index contributed by atoms with van der Waals surface area (Å²) < 4.78 is 2.45. The number of hydrogen-bond acceptors (Lipinski definition) is 0. The first-order valence-electron chi connectivity index (χ1n) is 12.5. The Morgan fingerprint density at radius 2 is 1.06 bits per heavy atom. The first kappa shape index (κ1) is 24.5. The molecule has 0 bridgehead atoms. The van der Waals surface area contributed by atoms with E-state index in [1.165, 1.54) is 105 Å². The number of rotatable bonds is 14. The molecule has 0 saturated carbocycles. The van der Waals surface area contributed by atoms with Crippen LogP contribution in [0.2, 0.25) is 10.0 Å². The lowest BCUT2D eigenvalue weighted by atomic mass is 10.0. The third-order valence-corrected chi connectivity index (χ3v) is 7.12. The van der Waals surface area contributed by atoms with Gasteiger partial charge in [-0.2, -0.15) is 0 Å². The van der Waals surface area contributed by atoms with Crippen molar-refractivity contribution in [2.24, 2.45) is 0 Å². The quantitative estimate of drug-likeness (QED) is 0.211. The van der Waals surface area contributed by atoms with Gasteiger partial charge < -0.3 is 4.57 Å². The minimum absolute atomic E-state index is 0.431. The summed E-state index contributed by atoms with van der Waals surface area (Å²) in [5.41, 5.74) is 2.44. The molecule has 3 heteroatoms. The molecule has 1 unspecified atom stereocenters. The molecule has 0 spiro atoms. The van der Waals surface area contributed by atoms with Crippen LogP contribution in [0.25, 0.3) is 21.8 Å². The van der Waals surface area contributed by atoms with E-state index in [4.69, 9.17) is 23.2 Å². The van der Waals surface area contributed by atoms with Crippen LogP contribution < -0.4 is 0 Å². The maximum Gasteiger partial charge on any atom is 0.0508 e. The molecule has 0 radical (unpaired) electrons. The van der Waals surface area contributed by atoms with E-state index in [0.29, 0.717) is 6.04 Å². The molecule has 0 fully saturated rings. The Morgan fingerprint density at radius 3 is 1.52 bits per heavy atom. The number of hydrogen-bond donors (Lipinski definition) is 0. The normalized spacial score (nSPS) is 12.8. The van der Waals surface area contributed by atoms with Gasteiger partial charge in [0.25, 0.3) is 0 Å². The zero-order chi connectivity index (χ0) is 22.1. The lowest BCUT2D eigenvalue weighted by Crippen LogP contribution is -2.05. The zero-order valence-electron chi connectivity index (χ0n) is 19.4. The molecule has 0 saturated heterocycles. The van der Waals surface area contributed by atoms with Gasteiger partial charge in [0.2, 0.25) is 0 Å². The average molecular weight is 461 g/mol. The molecule has 3 aromatic rings. The van der Waals surface area contributed by atoms with Crippen LogP contribution in [0.3, 0.4) is 0 Å². The standard InChI is InChI=1S/C28H39Cl2N/c1-3-4-5-6-7-8-9-10-11-12-13-14-15-22(2)31-27-20-23(29)16-18-25(27)26-19-17-24(30)21-28(26)31/h16-22H,3-15H2,1-2H3. The van der Waals surface area contributed by atoms with Gasteiger partial charge in [-0.25, -0.2) is 0 Å². The molecule has 0 aliphatic carbocycles. The second-order valence-corrected chi connectivity index (χ2v) is 10.1. The Hall–Kier alpha value is -1.18. The fourth-order valence-corrected chi connectivity index (χ4v) is 5.21. The van der Waals surface area contributed by atoms with Crippen molar-refractivity contribution in [1.82, 2.24) is 4.57 Å². The number of fused-ring (bicyclic) bond motifs is 3. The Morgan fingerprint density at radius 1 is 0.645 bits per heavy atom. The SMILES string of the molecule is CCCCCCCCCCCCCCC(C)n1c2cc(Cl)ccc2c2ccc(Cl)cc21. The van der Waals surface area contributed by atoms with Gasteiger partial charge in [-0.1, -0.05) is 119 Å². The van der Waals surface area contributed by atoms with E-state index in [9.17, 15) is 0 Å². The summed E-state index contributed by atoms with van der Waals surface area (Å²) in [5.74, 6) is 0. The lowest BCUT2D eigenvalue weighted by Gasteiger charge is -2.17. The summed E-state index contributed by atoms with van der Waals surface area (Å²) in [4.78, 5) is 0. The summed E-state index contributed by atoms with van der Waals surface area (Å²) in [5, 5.41) is 4.11. The van der Waals surface area contributed by atoms with Crippen molar-refractivity contribution in [3.05, 3.63) is 46.4 Å². The van der Waals surface area contributed by atoms with Gasteiger partial charge in [-0.3, -0.25) is 0 Å². The average Bonchev–Trinajstić information content (AvgIpc) is 3.06. The van der Waals surface area contributed by atoms with Crippen LogP contribution in [-0.4, -0.2) is 4.57 Å². The topological polar surface area (TPSA) is 4.93 Å². The molecule has 1 aromatic heterocycles. The molecule has 1 atom stereocenters. The number of halogens is 2. The molecule has 0 amide bonds. The van der Waals surface area contributed by atoms with Gasteiger partial charge in [0, 0.05) is 26.9 Å². The van der Waals surface area contributed by atoms with E-state index in [0.717, 1.165) is 10.0 Å². The number of nitrogens with zero attached hydrogens (tertiary/aromatic N) is 1. The molecule has 1 nitrogen and oxygen atoms in total. The highest BCUT2D eigenvalue weighted by molar-refractivity contribution is 6.32. The van der Waals surface area contributed by atoms with Gasteiger partial charge in [0.05, 0.1) is 11.0 Å². The van der Waals surface area contributed by atoms with Gasteiger partial charge in [-0.15, -0.1) is 0 Å². The molecule has 1 heterocycles. The van der Waals surface area contributed by atoms with Crippen LogP contribution in [0.15, 0.2) is 36.4 Å². The minimum Gasteiger partial charge on any atom is -0.338 e. The third kappa shape index (κ3) is 6.90. The summed E-state index contributed by atoms with van der Waals surface area (Å²) in [6.45, 7) is 4.62. The predicted octanol–water partition coefficient (Wildman–Crippen LogP) is 10.8. The van der Waals surface area contributed by atoms with Crippen LogP contribution in [0.1, 0.15) is 103 Å². The van der Waals surface area contributed by atoms with E-state index in [2.05, 4.69) is 42.7 Å². The highest BCUT2D eigenvalue weighted by atomic mass is 35.5. The second kappa shape index (κ2) is 12.8. The van der Waals surface area contributed by atoms with Crippen molar-refractivity contribution < 1.29 is 0 Å². The Bertz CT molecular complexity index is 884. The number of unbranched alkanes of at least 4 members (excludes halogenated alkanes) is 11. The third-order valence-electron chi connectivity index (χ3n) is 6.65. The van der Waals surface area contributed by atoms with Crippen molar-refractivity contribution in [2.75, 3.05) is 0 Å². The van der Waals surface area contributed by atoms with Crippen LogP contribution in [-0.2, 0) is 0 Å². The largest absolute Gasteiger partial charge is 0.338 e. The zero-order valence-corrected chi connectivity index (χ0v) is 20.9. The van der Waals surface area contributed by atoms with E-state index >= 15 is 0 Å². The Kier molecular flexibility index (Phi) is 10.1. The number of aromatic nitrogens is 1. The minimum atomic E-state index is 0.431. The maximum atomic E-state index is 6.34.